The molecule has 0 heterocycles. The second-order valence-corrected chi connectivity index (χ2v) is 6.32. The van der Waals surface area contributed by atoms with E-state index in [1.165, 1.54) is 18.2 Å². The maximum Gasteiger partial charge on any atom is 0.243 e. The Bertz CT molecular complexity index is 651. The number of nitrogen functional groups attached to an aromatic ring is 1. The van der Waals surface area contributed by atoms with Gasteiger partial charge >= 0.3 is 0 Å². The number of nitriles is 1. The van der Waals surface area contributed by atoms with Crippen LogP contribution in [0.1, 0.15) is 24.5 Å². The van der Waals surface area contributed by atoms with Gasteiger partial charge in [-0.15, -0.1) is 0 Å². The summed E-state index contributed by atoms with van der Waals surface area (Å²) in [6.45, 7) is 5.04. The van der Waals surface area contributed by atoms with Crippen molar-refractivity contribution >= 4 is 15.7 Å². The molecule has 0 aliphatic heterocycles. The second-order valence-electron chi connectivity index (χ2n) is 4.45. The van der Waals surface area contributed by atoms with Crippen LogP contribution in [-0.4, -0.2) is 25.8 Å². The molecule has 0 saturated heterocycles. The fourth-order valence-corrected chi connectivity index (χ4v) is 3.97. The number of halogens is 1. The molecule has 0 bridgehead atoms. The quantitative estimate of drug-likeness (QED) is 0.842. The lowest BCUT2D eigenvalue weighted by Crippen LogP contribution is -2.33. The number of anilines is 1. The average molecular weight is 299 g/mol. The maximum atomic E-state index is 13.5. The van der Waals surface area contributed by atoms with Crippen LogP contribution in [0.2, 0.25) is 0 Å². The smallest absolute Gasteiger partial charge is 0.243 e. The Hall–Kier alpha value is -1.65. The molecule has 0 amide bonds. The zero-order chi connectivity index (χ0) is 15.5. The van der Waals surface area contributed by atoms with E-state index >= 15 is 0 Å². The molecule has 0 aromatic heterocycles. The molecule has 7 heteroatoms. The van der Waals surface area contributed by atoms with Crippen molar-refractivity contribution < 1.29 is 12.8 Å². The zero-order valence-corrected chi connectivity index (χ0v) is 12.6. The number of sulfonamides is 1. The first-order valence-corrected chi connectivity index (χ1v) is 7.63. The summed E-state index contributed by atoms with van der Waals surface area (Å²) >= 11 is 0. The number of hydrogen-bond acceptors (Lipinski definition) is 4. The molecule has 0 unspecified atom stereocenters. The van der Waals surface area contributed by atoms with Gasteiger partial charge in [0.15, 0.2) is 0 Å². The lowest BCUT2D eigenvalue weighted by molar-refractivity contribution is 0.434. The standard InChI is InChI=1S/C13H18FN3O2S/c1-4-17(7-5-6-15)20(18,19)13-9(2)8-11(14)12(16)10(13)3/h8H,4-5,7,16H2,1-3H3. The van der Waals surface area contributed by atoms with Crippen LogP contribution in [0.3, 0.4) is 0 Å². The fourth-order valence-electron chi connectivity index (χ4n) is 2.08. The van der Waals surface area contributed by atoms with Crippen molar-refractivity contribution in [2.24, 2.45) is 0 Å². The van der Waals surface area contributed by atoms with Crippen molar-refractivity contribution in [1.29, 1.82) is 5.26 Å². The van der Waals surface area contributed by atoms with Crippen LogP contribution in [0.5, 0.6) is 0 Å². The van der Waals surface area contributed by atoms with Crippen molar-refractivity contribution in [2.45, 2.75) is 32.1 Å². The third-order valence-corrected chi connectivity index (χ3v) is 5.39. The Labute approximate surface area is 118 Å². The van der Waals surface area contributed by atoms with E-state index in [2.05, 4.69) is 0 Å². The van der Waals surface area contributed by atoms with Gasteiger partial charge in [-0.1, -0.05) is 6.92 Å². The Morgan fingerprint density at radius 3 is 2.55 bits per heavy atom. The Kier molecular flexibility index (Phi) is 5.09. The van der Waals surface area contributed by atoms with E-state index in [-0.39, 0.29) is 35.7 Å². The molecule has 1 aromatic carbocycles. The molecule has 110 valence electrons. The topological polar surface area (TPSA) is 87.2 Å². The molecule has 2 N–H and O–H groups in total. The number of nitrogens with two attached hydrogens (primary N) is 1. The van der Waals surface area contributed by atoms with Crippen LogP contribution in [0.25, 0.3) is 0 Å². The zero-order valence-electron chi connectivity index (χ0n) is 11.8. The van der Waals surface area contributed by atoms with Gasteiger partial charge in [0.25, 0.3) is 0 Å². The van der Waals surface area contributed by atoms with E-state index in [1.807, 2.05) is 6.07 Å². The number of aryl methyl sites for hydroxylation is 1. The molecular weight excluding hydrogens is 281 g/mol. The summed E-state index contributed by atoms with van der Waals surface area (Å²) in [5.74, 6) is -0.626. The molecule has 0 fully saturated rings. The molecule has 1 aromatic rings. The largest absolute Gasteiger partial charge is 0.396 e. The van der Waals surface area contributed by atoms with Crippen LogP contribution in [0.4, 0.5) is 10.1 Å². The first-order chi connectivity index (χ1) is 9.27. The molecule has 0 saturated carbocycles. The van der Waals surface area contributed by atoms with Crippen LogP contribution in [0.15, 0.2) is 11.0 Å². The van der Waals surface area contributed by atoms with Gasteiger partial charge in [-0.2, -0.15) is 9.57 Å². The molecule has 0 atom stereocenters. The fraction of sp³-hybridized carbons (Fsp3) is 0.462. The van der Waals surface area contributed by atoms with Crippen molar-refractivity contribution in [3.8, 4) is 6.07 Å². The molecule has 0 radical (unpaired) electrons. The van der Waals surface area contributed by atoms with Gasteiger partial charge in [-0.25, -0.2) is 12.8 Å². The maximum absolute atomic E-state index is 13.5. The number of nitrogens with zero attached hydrogens (tertiary/aromatic N) is 2. The minimum absolute atomic E-state index is 0.0242. The lowest BCUT2D eigenvalue weighted by atomic mass is 10.1. The van der Waals surface area contributed by atoms with Crippen LogP contribution < -0.4 is 5.73 Å². The third kappa shape index (κ3) is 2.92. The van der Waals surface area contributed by atoms with Crippen molar-refractivity contribution in [3.63, 3.8) is 0 Å². The molecule has 20 heavy (non-hydrogen) atoms. The highest BCUT2D eigenvalue weighted by Crippen LogP contribution is 2.29. The van der Waals surface area contributed by atoms with Crippen LogP contribution >= 0.6 is 0 Å². The number of rotatable bonds is 5. The predicted molar refractivity (Wildman–Crippen MR) is 74.9 cm³/mol. The monoisotopic (exact) mass is 299 g/mol. The van der Waals surface area contributed by atoms with E-state index in [0.717, 1.165) is 6.07 Å². The average Bonchev–Trinajstić information content (AvgIpc) is 2.36. The van der Waals surface area contributed by atoms with E-state index in [1.54, 1.807) is 6.92 Å². The minimum atomic E-state index is -3.79. The Morgan fingerprint density at radius 1 is 1.45 bits per heavy atom. The van der Waals surface area contributed by atoms with Gasteiger partial charge in [0.05, 0.1) is 16.7 Å². The minimum Gasteiger partial charge on any atom is -0.396 e. The van der Waals surface area contributed by atoms with Crippen molar-refractivity contribution in [3.05, 3.63) is 23.0 Å². The molecule has 0 spiro atoms. The highest BCUT2D eigenvalue weighted by atomic mass is 32.2. The van der Waals surface area contributed by atoms with Gasteiger partial charge in [0, 0.05) is 19.5 Å². The number of benzene rings is 1. The lowest BCUT2D eigenvalue weighted by Gasteiger charge is -2.22. The van der Waals surface area contributed by atoms with E-state index in [0.29, 0.717) is 5.56 Å². The summed E-state index contributed by atoms with van der Waals surface area (Å²) in [4.78, 5) is 0.0242. The summed E-state index contributed by atoms with van der Waals surface area (Å²) < 4.78 is 39.9. The summed E-state index contributed by atoms with van der Waals surface area (Å²) in [5, 5.41) is 8.60. The highest BCUT2D eigenvalue weighted by Gasteiger charge is 2.28. The van der Waals surface area contributed by atoms with Gasteiger partial charge in [-0.05, 0) is 31.0 Å². The summed E-state index contributed by atoms with van der Waals surface area (Å²) in [6.07, 6.45) is 0.0990. The second kappa shape index (κ2) is 6.20. The van der Waals surface area contributed by atoms with Gasteiger partial charge in [0.2, 0.25) is 10.0 Å². The summed E-state index contributed by atoms with van der Waals surface area (Å²) in [6, 6.07) is 3.03. The molecular formula is C13H18FN3O2S. The summed E-state index contributed by atoms with van der Waals surface area (Å²) in [5.41, 5.74) is 5.93. The van der Waals surface area contributed by atoms with Gasteiger partial charge in [0.1, 0.15) is 5.82 Å². The first kappa shape index (κ1) is 16.4. The Morgan fingerprint density at radius 2 is 2.05 bits per heavy atom. The van der Waals surface area contributed by atoms with Crippen LogP contribution in [0, 0.1) is 31.0 Å². The van der Waals surface area contributed by atoms with E-state index in [9.17, 15) is 12.8 Å². The van der Waals surface area contributed by atoms with Gasteiger partial charge in [-0.3, -0.25) is 0 Å². The normalized spacial score (nSPS) is 11.6. The predicted octanol–water partition coefficient (Wildman–Crippen LogP) is 1.95. The first-order valence-electron chi connectivity index (χ1n) is 6.19. The molecule has 0 aliphatic rings. The number of hydrogen-bond donors (Lipinski definition) is 1. The third-order valence-electron chi connectivity index (χ3n) is 3.13. The highest BCUT2D eigenvalue weighted by molar-refractivity contribution is 7.89. The SMILES string of the molecule is CCN(CCC#N)S(=O)(=O)c1c(C)cc(F)c(N)c1C. The molecule has 5 nitrogen and oxygen atoms in total. The van der Waals surface area contributed by atoms with E-state index < -0.39 is 15.8 Å². The van der Waals surface area contributed by atoms with Crippen molar-refractivity contribution in [2.75, 3.05) is 18.8 Å². The van der Waals surface area contributed by atoms with Gasteiger partial charge < -0.3 is 5.73 Å². The summed E-state index contributed by atoms with van der Waals surface area (Å²) in [7, 11) is -3.79. The van der Waals surface area contributed by atoms with Crippen molar-refractivity contribution in [1.82, 2.24) is 4.31 Å². The van der Waals surface area contributed by atoms with Crippen LogP contribution in [-0.2, 0) is 10.0 Å². The van der Waals surface area contributed by atoms with E-state index in [4.69, 9.17) is 11.0 Å². The molecule has 0 aliphatic carbocycles. The molecule has 1 rings (SSSR count). The Balaban J connectivity index is 3.43.